The number of carboxylic acids is 1. The molecule has 1 heterocycles. The number of nitrogens with zero attached hydrogens (tertiary/aromatic N) is 1. The topological polar surface area (TPSA) is 40.5 Å². The van der Waals surface area contributed by atoms with Crippen molar-refractivity contribution in [2.75, 3.05) is 25.4 Å². The van der Waals surface area contributed by atoms with Crippen LogP contribution < -0.4 is 0 Å². The molecule has 4 heteroatoms. The molecule has 0 saturated carbocycles. The Morgan fingerprint density at radius 3 is 3.00 bits per heavy atom. The fraction of sp³-hybridized carbons (Fsp3) is 0.917. The summed E-state index contributed by atoms with van der Waals surface area (Å²) in [6.07, 6.45) is 5.02. The summed E-state index contributed by atoms with van der Waals surface area (Å²) in [5.41, 5.74) is 0. The standard InChI is InChI=1S/C12H23NO2S/c1-2-16-11-6-3-4-8-13(10-11)9-5-7-12(14)15/h11H,2-10H2,1H3,(H,14,15)/t11-/m0/s1. The van der Waals surface area contributed by atoms with Gasteiger partial charge >= 0.3 is 5.97 Å². The first-order valence-electron chi connectivity index (χ1n) is 6.28. The van der Waals surface area contributed by atoms with Crippen LogP contribution in [0, 0.1) is 0 Å². The predicted octanol–water partition coefficient (Wildman–Crippen LogP) is 2.46. The maximum Gasteiger partial charge on any atom is 0.303 e. The molecule has 1 aliphatic rings. The number of carbonyl (C=O) groups is 1. The summed E-state index contributed by atoms with van der Waals surface area (Å²) >= 11 is 2.05. The Morgan fingerprint density at radius 2 is 2.31 bits per heavy atom. The summed E-state index contributed by atoms with van der Waals surface area (Å²) in [5, 5.41) is 9.37. The fourth-order valence-electron chi connectivity index (χ4n) is 2.21. The second-order valence-corrected chi connectivity index (χ2v) is 5.95. The zero-order chi connectivity index (χ0) is 11.8. The maximum atomic E-state index is 10.5. The minimum Gasteiger partial charge on any atom is -0.481 e. The third-order valence-corrected chi connectivity index (χ3v) is 4.17. The molecule has 3 nitrogen and oxygen atoms in total. The van der Waals surface area contributed by atoms with Crippen LogP contribution in [0.25, 0.3) is 0 Å². The van der Waals surface area contributed by atoms with Gasteiger partial charge in [0, 0.05) is 18.2 Å². The molecule has 0 aliphatic carbocycles. The van der Waals surface area contributed by atoms with Crippen LogP contribution in [0.4, 0.5) is 0 Å². The lowest BCUT2D eigenvalue weighted by Crippen LogP contribution is -2.31. The zero-order valence-electron chi connectivity index (χ0n) is 10.2. The van der Waals surface area contributed by atoms with Gasteiger partial charge in [-0.3, -0.25) is 4.79 Å². The van der Waals surface area contributed by atoms with Crippen LogP contribution in [0.1, 0.15) is 39.0 Å². The van der Waals surface area contributed by atoms with E-state index < -0.39 is 5.97 Å². The first kappa shape index (κ1) is 13.8. The molecular formula is C12H23NO2S. The number of rotatable bonds is 6. The average molecular weight is 245 g/mol. The average Bonchev–Trinajstić information content (AvgIpc) is 2.44. The van der Waals surface area contributed by atoms with Crippen LogP contribution >= 0.6 is 11.8 Å². The van der Waals surface area contributed by atoms with Crippen molar-refractivity contribution in [1.82, 2.24) is 4.90 Å². The highest BCUT2D eigenvalue weighted by atomic mass is 32.2. The van der Waals surface area contributed by atoms with Gasteiger partial charge in [-0.25, -0.2) is 0 Å². The van der Waals surface area contributed by atoms with Gasteiger partial charge in [0.25, 0.3) is 0 Å². The Bertz CT molecular complexity index is 211. The van der Waals surface area contributed by atoms with E-state index in [9.17, 15) is 4.79 Å². The first-order valence-corrected chi connectivity index (χ1v) is 7.33. The molecule has 0 aromatic carbocycles. The Labute approximate surface area is 103 Å². The number of carboxylic acid groups (broad SMARTS) is 1. The number of thioether (sulfide) groups is 1. The second kappa shape index (κ2) is 7.96. The van der Waals surface area contributed by atoms with Gasteiger partial charge in [0.05, 0.1) is 0 Å². The lowest BCUT2D eigenvalue weighted by molar-refractivity contribution is -0.137. The van der Waals surface area contributed by atoms with E-state index in [1.807, 2.05) is 0 Å². The number of hydrogen-bond acceptors (Lipinski definition) is 3. The van der Waals surface area contributed by atoms with Crippen LogP contribution in [0.3, 0.4) is 0 Å². The van der Waals surface area contributed by atoms with Gasteiger partial charge in [0.2, 0.25) is 0 Å². The summed E-state index contributed by atoms with van der Waals surface area (Å²) in [6, 6.07) is 0. The van der Waals surface area contributed by atoms with Crippen molar-refractivity contribution >= 4 is 17.7 Å². The molecule has 0 unspecified atom stereocenters. The molecule has 0 bridgehead atoms. The minimum absolute atomic E-state index is 0.308. The van der Waals surface area contributed by atoms with Crippen molar-refractivity contribution in [2.45, 2.75) is 44.3 Å². The quantitative estimate of drug-likeness (QED) is 0.780. The van der Waals surface area contributed by atoms with Crippen molar-refractivity contribution in [2.24, 2.45) is 0 Å². The maximum absolute atomic E-state index is 10.5. The molecule has 1 atom stereocenters. The van der Waals surface area contributed by atoms with Gasteiger partial charge in [0.1, 0.15) is 0 Å². The molecule has 0 aromatic heterocycles. The Hall–Kier alpha value is -0.220. The van der Waals surface area contributed by atoms with Crippen molar-refractivity contribution in [3.05, 3.63) is 0 Å². The van der Waals surface area contributed by atoms with Gasteiger partial charge in [-0.15, -0.1) is 0 Å². The third kappa shape index (κ3) is 5.75. The molecular weight excluding hydrogens is 222 g/mol. The van der Waals surface area contributed by atoms with Gasteiger partial charge in [-0.2, -0.15) is 11.8 Å². The molecule has 1 aliphatic heterocycles. The van der Waals surface area contributed by atoms with Gasteiger partial charge in [-0.05, 0) is 38.1 Å². The van der Waals surface area contributed by atoms with Crippen molar-refractivity contribution in [3.8, 4) is 0 Å². The van der Waals surface area contributed by atoms with E-state index in [2.05, 4.69) is 23.6 Å². The van der Waals surface area contributed by atoms with Crippen molar-refractivity contribution in [3.63, 3.8) is 0 Å². The van der Waals surface area contributed by atoms with Gasteiger partial charge in [0.15, 0.2) is 0 Å². The number of hydrogen-bond donors (Lipinski definition) is 1. The van der Waals surface area contributed by atoms with Crippen LogP contribution in [-0.2, 0) is 4.79 Å². The summed E-state index contributed by atoms with van der Waals surface area (Å²) in [5.74, 6) is 0.516. The van der Waals surface area contributed by atoms with Crippen molar-refractivity contribution < 1.29 is 9.90 Å². The molecule has 0 radical (unpaired) electrons. The minimum atomic E-state index is -0.672. The third-order valence-electron chi connectivity index (χ3n) is 2.98. The van der Waals surface area contributed by atoms with Gasteiger partial charge in [-0.1, -0.05) is 13.3 Å². The van der Waals surface area contributed by atoms with E-state index in [-0.39, 0.29) is 0 Å². The van der Waals surface area contributed by atoms with Gasteiger partial charge < -0.3 is 10.0 Å². The fourth-order valence-corrected chi connectivity index (χ4v) is 3.33. The van der Waals surface area contributed by atoms with Crippen LogP contribution in [0.5, 0.6) is 0 Å². The molecule has 1 rings (SSSR count). The van der Waals surface area contributed by atoms with E-state index in [1.165, 1.54) is 25.0 Å². The largest absolute Gasteiger partial charge is 0.481 e. The predicted molar refractivity (Wildman–Crippen MR) is 69.1 cm³/mol. The Kier molecular flexibility index (Phi) is 6.88. The highest BCUT2D eigenvalue weighted by molar-refractivity contribution is 7.99. The Morgan fingerprint density at radius 1 is 1.50 bits per heavy atom. The van der Waals surface area contributed by atoms with E-state index in [0.29, 0.717) is 6.42 Å². The molecule has 1 saturated heterocycles. The van der Waals surface area contributed by atoms with Crippen LogP contribution in [0.2, 0.25) is 0 Å². The molecule has 94 valence electrons. The monoisotopic (exact) mass is 245 g/mol. The Balaban J connectivity index is 2.25. The number of likely N-dealkylation sites (tertiary alicyclic amines) is 1. The zero-order valence-corrected chi connectivity index (χ0v) is 11.0. The summed E-state index contributed by atoms with van der Waals surface area (Å²) in [7, 11) is 0. The first-order chi connectivity index (χ1) is 7.72. The molecule has 16 heavy (non-hydrogen) atoms. The molecule has 1 fully saturated rings. The highest BCUT2D eigenvalue weighted by Gasteiger charge is 2.17. The van der Waals surface area contributed by atoms with E-state index in [1.54, 1.807) is 0 Å². The van der Waals surface area contributed by atoms with Crippen molar-refractivity contribution in [1.29, 1.82) is 0 Å². The van der Waals surface area contributed by atoms with E-state index in [0.717, 1.165) is 31.3 Å². The second-order valence-electron chi connectivity index (χ2n) is 4.37. The molecule has 0 amide bonds. The molecule has 1 N–H and O–H groups in total. The van der Waals surface area contributed by atoms with Crippen LogP contribution in [0.15, 0.2) is 0 Å². The van der Waals surface area contributed by atoms with E-state index in [4.69, 9.17) is 5.11 Å². The smallest absolute Gasteiger partial charge is 0.303 e. The normalized spacial score (nSPS) is 22.9. The lowest BCUT2D eigenvalue weighted by atomic mass is 10.2. The lowest BCUT2D eigenvalue weighted by Gasteiger charge is -2.23. The van der Waals surface area contributed by atoms with Crippen LogP contribution in [-0.4, -0.2) is 46.6 Å². The van der Waals surface area contributed by atoms with E-state index >= 15 is 0 Å². The number of aliphatic carboxylic acids is 1. The molecule has 0 aromatic rings. The SMILES string of the molecule is CCS[C@H]1CCCCN(CCCC(=O)O)C1. The molecule has 0 spiro atoms. The summed E-state index contributed by atoms with van der Waals surface area (Å²) in [6.45, 7) is 5.47. The summed E-state index contributed by atoms with van der Waals surface area (Å²) < 4.78 is 0. The summed E-state index contributed by atoms with van der Waals surface area (Å²) in [4.78, 5) is 12.9. The highest BCUT2D eigenvalue weighted by Crippen LogP contribution is 2.22.